The number of hydrogen-bond acceptors (Lipinski definition) is 2. The zero-order chi connectivity index (χ0) is 27.8. The fourth-order valence-electron chi connectivity index (χ4n) is 3.97. The van der Waals surface area contributed by atoms with Crippen LogP contribution in [0.4, 0.5) is 30.7 Å². The van der Waals surface area contributed by atoms with Gasteiger partial charge in [0, 0.05) is 24.5 Å². The quantitative estimate of drug-likeness (QED) is 0.282. The summed E-state index contributed by atoms with van der Waals surface area (Å²) in [4.78, 5) is 23.5. The number of rotatable bonds is 8. The van der Waals surface area contributed by atoms with E-state index in [0.717, 1.165) is 11.6 Å². The van der Waals surface area contributed by atoms with Crippen molar-refractivity contribution in [1.82, 2.24) is 0 Å². The van der Waals surface area contributed by atoms with Gasteiger partial charge in [-0.15, -0.1) is 0 Å². The number of Topliss-reactive ketones (excluding diaryl/α,β-unsaturated/α-hetero) is 2. The summed E-state index contributed by atoms with van der Waals surface area (Å²) in [6.45, 7) is 4.23. The molecule has 0 N–H and O–H groups in total. The molecule has 0 aliphatic rings. The van der Waals surface area contributed by atoms with Gasteiger partial charge >= 0.3 is 18.0 Å². The molecule has 0 atom stereocenters. The minimum atomic E-state index is -4.81. The lowest BCUT2D eigenvalue weighted by Gasteiger charge is -2.19. The summed E-state index contributed by atoms with van der Waals surface area (Å²) in [6, 6.07) is 10.5. The lowest BCUT2D eigenvalue weighted by molar-refractivity contribution is -0.144. The van der Waals surface area contributed by atoms with Gasteiger partial charge in [-0.25, -0.2) is 0 Å². The topological polar surface area (TPSA) is 34.1 Å². The maximum Gasteiger partial charge on any atom is 0.417 e. The van der Waals surface area contributed by atoms with E-state index in [4.69, 9.17) is 0 Å². The van der Waals surface area contributed by atoms with Gasteiger partial charge in [0.2, 0.25) is 11.6 Å². The van der Waals surface area contributed by atoms with Crippen LogP contribution in [-0.2, 0) is 40.5 Å². The van der Waals surface area contributed by atoms with E-state index in [-0.39, 0.29) is 11.1 Å². The monoisotopic (exact) mass is 524 g/mol. The highest BCUT2D eigenvalue weighted by Gasteiger charge is 2.42. The van der Waals surface area contributed by atoms with Crippen LogP contribution in [0.5, 0.6) is 0 Å². The lowest BCUT2D eigenvalue weighted by Crippen LogP contribution is -2.28. The SMILES string of the molecule is CCc1ccc(-c2ccc(CC(=O)C(F)(F)c3ccc(C(F)(F)C(C)=O)cc3)cc2C(F)(F)F)c(C)c1. The number of hydrogen-bond donors (Lipinski definition) is 0. The average molecular weight is 524 g/mol. The molecule has 37 heavy (non-hydrogen) atoms. The average Bonchev–Trinajstić information content (AvgIpc) is 2.83. The Hall–Kier alpha value is -3.49. The molecule has 0 aliphatic heterocycles. The molecule has 0 amide bonds. The molecule has 0 unspecified atom stereocenters. The Morgan fingerprint density at radius 3 is 1.70 bits per heavy atom. The van der Waals surface area contributed by atoms with Crippen molar-refractivity contribution in [2.24, 2.45) is 0 Å². The molecular weight excluding hydrogens is 501 g/mol. The Labute approximate surface area is 209 Å². The van der Waals surface area contributed by atoms with Crippen molar-refractivity contribution in [3.05, 3.63) is 94.0 Å². The van der Waals surface area contributed by atoms with Crippen molar-refractivity contribution >= 4 is 11.6 Å². The Kier molecular flexibility index (Phi) is 7.67. The van der Waals surface area contributed by atoms with Crippen molar-refractivity contribution in [3.63, 3.8) is 0 Å². The summed E-state index contributed by atoms with van der Waals surface area (Å²) in [6.07, 6.45) is -5.13. The van der Waals surface area contributed by atoms with E-state index >= 15 is 0 Å². The number of aryl methyl sites for hydroxylation is 2. The molecule has 3 aromatic carbocycles. The molecule has 9 heteroatoms. The molecule has 0 spiro atoms. The van der Waals surface area contributed by atoms with Crippen LogP contribution in [0.15, 0.2) is 60.7 Å². The van der Waals surface area contributed by atoms with Gasteiger partial charge in [0.25, 0.3) is 0 Å². The zero-order valence-corrected chi connectivity index (χ0v) is 20.1. The summed E-state index contributed by atoms with van der Waals surface area (Å²) in [7, 11) is 0. The van der Waals surface area contributed by atoms with Gasteiger partial charge in [-0.2, -0.15) is 30.7 Å². The highest BCUT2D eigenvalue weighted by atomic mass is 19.4. The van der Waals surface area contributed by atoms with Gasteiger partial charge in [-0.1, -0.05) is 61.5 Å². The molecular formula is C28H23F7O2. The Morgan fingerprint density at radius 1 is 0.703 bits per heavy atom. The van der Waals surface area contributed by atoms with Crippen LogP contribution in [0.1, 0.15) is 47.2 Å². The van der Waals surface area contributed by atoms with Crippen LogP contribution < -0.4 is 0 Å². The van der Waals surface area contributed by atoms with Crippen molar-refractivity contribution in [3.8, 4) is 11.1 Å². The number of carbonyl (C=O) groups excluding carboxylic acids is 2. The molecule has 0 saturated heterocycles. The highest BCUT2D eigenvalue weighted by molar-refractivity contribution is 5.89. The number of ketones is 2. The first-order valence-corrected chi connectivity index (χ1v) is 11.3. The third-order valence-electron chi connectivity index (χ3n) is 6.15. The van der Waals surface area contributed by atoms with Gasteiger partial charge in [-0.05, 0) is 47.2 Å². The van der Waals surface area contributed by atoms with Crippen molar-refractivity contribution in [2.75, 3.05) is 0 Å². The maximum atomic E-state index is 14.8. The molecule has 0 fully saturated rings. The minimum absolute atomic E-state index is 0.141. The second kappa shape index (κ2) is 10.1. The van der Waals surface area contributed by atoms with E-state index in [2.05, 4.69) is 0 Å². The first-order valence-electron chi connectivity index (χ1n) is 11.3. The van der Waals surface area contributed by atoms with E-state index < -0.39 is 52.7 Å². The fraction of sp³-hybridized carbons (Fsp3) is 0.286. The van der Waals surface area contributed by atoms with Crippen LogP contribution in [-0.4, -0.2) is 11.6 Å². The Morgan fingerprint density at radius 2 is 1.22 bits per heavy atom. The highest BCUT2D eigenvalue weighted by Crippen LogP contribution is 2.40. The van der Waals surface area contributed by atoms with Gasteiger partial charge in [0.05, 0.1) is 5.56 Å². The molecule has 0 bridgehead atoms. The predicted octanol–water partition coefficient (Wildman–Crippen LogP) is 7.83. The number of benzene rings is 3. The van der Waals surface area contributed by atoms with E-state index in [9.17, 15) is 40.3 Å². The second-order valence-electron chi connectivity index (χ2n) is 8.76. The van der Waals surface area contributed by atoms with Gasteiger partial charge in [0.15, 0.2) is 0 Å². The molecule has 2 nitrogen and oxygen atoms in total. The van der Waals surface area contributed by atoms with Crippen LogP contribution in [0, 0.1) is 6.92 Å². The normalized spacial score (nSPS) is 12.5. The maximum absolute atomic E-state index is 14.8. The van der Waals surface area contributed by atoms with E-state index in [1.807, 2.05) is 6.92 Å². The van der Waals surface area contributed by atoms with Crippen LogP contribution in [0.25, 0.3) is 11.1 Å². The number of carbonyl (C=O) groups is 2. The van der Waals surface area contributed by atoms with Gasteiger partial charge in [-0.3, -0.25) is 9.59 Å². The predicted molar refractivity (Wildman–Crippen MR) is 125 cm³/mol. The standard InChI is InChI=1S/C28H23F7O2/c1-4-18-5-11-22(16(2)13-18)23-12-6-19(14-24(23)28(33,34)35)15-25(37)27(31,32)21-9-7-20(8-10-21)26(29,30)17(3)36/h5-14H,4,15H2,1-3H3. The first-order chi connectivity index (χ1) is 17.1. The van der Waals surface area contributed by atoms with Crippen molar-refractivity contribution in [2.45, 2.75) is 51.6 Å². The van der Waals surface area contributed by atoms with Crippen LogP contribution in [0.3, 0.4) is 0 Å². The summed E-state index contributed by atoms with van der Waals surface area (Å²) in [5.74, 6) is -11.2. The zero-order valence-electron chi connectivity index (χ0n) is 20.1. The summed E-state index contributed by atoms with van der Waals surface area (Å²) >= 11 is 0. The van der Waals surface area contributed by atoms with Crippen LogP contribution in [0.2, 0.25) is 0 Å². The molecule has 0 radical (unpaired) electrons. The summed E-state index contributed by atoms with van der Waals surface area (Å²) in [5.41, 5.74) is -1.34. The number of halogens is 7. The Bertz CT molecular complexity index is 1320. The molecule has 0 aliphatic carbocycles. The van der Waals surface area contributed by atoms with Crippen LogP contribution >= 0.6 is 0 Å². The van der Waals surface area contributed by atoms with Gasteiger partial charge in [0.1, 0.15) is 0 Å². The minimum Gasteiger partial charge on any atom is -0.293 e. The third kappa shape index (κ3) is 5.76. The Balaban J connectivity index is 1.93. The lowest BCUT2D eigenvalue weighted by atomic mass is 9.91. The summed E-state index contributed by atoms with van der Waals surface area (Å²) < 4.78 is 98.9. The van der Waals surface area contributed by atoms with Gasteiger partial charge < -0.3 is 0 Å². The van der Waals surface area contributed by atoms with E-state index in [1.54, 1.807) is 25.1 Å². The molecule has 196 valence electrons. The first kappa shape index (κ1) is 28.1. The molecule has 3 rings (SSSR count). The summed E-state index contributed by atoms with van der Waals surface area (Å²) in [5, 5.41) is 0. The molecule has 0 aromatic heterocycles. The largest absolute Gasteiger partial charge is 0.417 e. The van der Waals surface area contributed by atoms with Crippen molar-refractivity contribution < 1.29 is 40.3 Å². The van der Waals surface area contributed by atoms with Crippen molar-refractivity contribution in [1.29, 1.82) is 0 Å². The third-order valence-corrected chi connectivity index (χ3v) is 6.15. The fourth-order valence-corrected chi connectivity index (χ4v) is 3.97. The molecule has 0 saturated carbocycles. The van der Waals surface area contributed by atoms with E-state index in [0.29, 0.717) is 54.8 Å². The molecule has 3 aromatic rings. The molecule has 0 heterocycles. The van der Waals surface area contributed by atoms with E-state index in [1.165, 1.54) is 6.07 Å². The second-order valence-corrected chi connectivity index (χ2v) is 8.76. The smallest absolute Gasteiger partial charge is 0.293 e. The number of alkyl halides is 7.